The Bertz CT molecular complexity index is 373. The molecular weight excluding hydrogens is 228 g/mol. The summed E-state index contributed by atoms with van der Waals surface area (Å²) in [7, 11) is 0. The van der Waals surface area contributed by atoms with Crippen molar-refractivity contribution in [1.29, 1.82) is 0 Å². The largest absolute Gasteiger partial charge is 0.466 e. The summed E-state index contributed by atoms with van der Waals surface area (Å²) >= 11 is 0. The molecule has 1 N–H and O–H groups in total. The molecule has 98 valence electrons. The fourth-order valence-corrected chi connectivity index (χ4v) is 2.42. The summed E-state index contributed by atoms with van der Waals surface area (Å²) < 4.78 is 5.07. The van der Waals surface area contributed by atoms with Crippen LogP contribution in [0.3, 0.4) is 0 Å². The normalized spacial score (nSPS) is 23.4. The summed E-state index contributed by atoms with van der Waals surface area (Å²) in [6, 6.07) is 4.40. The SMILES string of the molecule is CCOC(=O)C1CCC(Nc2ccncc2)CC1. The summed E-state index contributed by atoms with van der Waals surface area (Å²) in [5.74, 6) is 0.0697. The van der Waals surface area contributed by atoms with Crippen LogP contribution in [0.15, 0.2) is 24.5 Å². The van der Waals surface area contributed by atoms with Crippen LogP contribution in [0.2, 0.25) is 0 Å². The molecule has 0 atom stereocenters. The first-order valence-corrected chi connectivity index (χ1v) is 6.62. The Balaban J connectivity index is 1.78. The lowest BCUT2D eigenvalue weighted by Gasteiger charge is -2.28. The molecule has 1 saturated carbocycles. The standard InChI is InChI=1S/C14H20N2O2/c1-2-18-14(17)11-3-5-12(6-4-11)16-13-7-9-15-10-8-13/h7-12H,2-6H2,1H3,(H,15,16). The van der Waals surface area contributed by atoms with E-state index in [0.29, 0.717) is 12.6 Å². The zero-order valence-electron chi connectivity index (χ0n) is 10.8. The molecule has 1 aliphatic carbocycles. The van der Waals surface area contributed by atoms with Crippen molar-refractivity contribution in [3.63, 3.8) is 0 Å². The van der Waals surface area contributed by atoms with Gasteiger partial charge in [0.1, 0.15) is 0 Å². The number of hydrogen-bond donors (Lipinski definition) is 1. The van der Waals surface area contributed by atoms with E-state index in [0.717, 1.165) is 31.4 Å². The molecule has 0 amide bonds. The number of nitrogens with zero attached hydrogens (tertiary/aromatic N) is 1. The molecule has 0 bridgehead atoms. The highest BCUT2D eigenvalue weighted by molar-refractivity contribution is 5.72. The van der Waals surface area contributed by atoms with Gasteiger partial charge < -0.3 is 10.1 Å². The number of rotatable bonds is 4. The fraction of sp³-hybridized carbons (Fsp3) is 0.571. The zero-order chi connectivity index (χ0) is 12.8. The molecule has 4 heteroatoms. The number of nitrogens with one attached hydrogen (secondary N) is 1. The van der Waals surface area contributed by atoms with Gasteiger partial charge in [0.25, 0.3) is 0 Å². The molecule has 0 radical (unpaired) electrons. The third-order valence-electron chi connectivity index (χ3n) is 3.40. The van der Waals surface area contributed by atoms with Gasteiger partial charge in [-0.1, -0.05) is 0 Å². The van der Waals surface area contributed by atoms with Gasteiger partial charge in [0.05, 0.1) is 12.5 Å². The van der Waals surface area contributed by atoms with Crippen LogP contribution in [0.4, 0.5) is 5.69 Å². The molecule has 18 heavy (non-hydrogen) atoms. The molecule has 0 aliphatic heterocycles. The lowest BCUT2D eigenvalue weighted by Crippen LogP contribution is -2.30. The molecule has 1 aromatic rings. The van der Waals surface area contributed by atoms with Gasteiger partial charge in [-0.05, 0) is 44.7 Å². The van der Waals surface area contributed by atoms with Crippen molar-refractivity contribution in [3.05, 3.63) is 24.5 Å². The Hall–Kier alpha value is -1.58. The highest BCUT2D eigenvalue weighted by Crippen LogP contribution is 2.27. The average molecular weight is 248 g/mol. The van der Waals surface area contributed by atoms with Gasteiger partial charge in [0.2, 0.25) is 0 Å². The monoisotopic (exact) mass is 248 g/mol. The Labute approximate surface area is 108 Å². The third kappa shape index (κ3) is 3.45. The van der Waals surface area contributed by atoms with Crippen LogP contribution in [-0.4, -0.2) is 23.6 Å². The maximum Gasteiger partial charge on any atom is 0.308 e. The summed E-state index contributed by atoms with van der Waals surface area (Å²) in [5.41, 5.74) is 1.10. The van der Waals surface area contributed by atoms with Crippen LogP contribution < -0.4 is 5.32 Å². The predicted molar refractivity (Wildman–Crippen MR) is 70.2 cm³/mol. The number of pyridine rings is 1. The van der Waals surface area contributed by atoms with Crippen LogP contribution in [0.1, 0.15) is 32.6 Å². The van der Waals surface area contributed by atoms with Crippen LogP contribution in [0, 0.1) is 5.92 Å². The third-order valence-corrected chi connectivity index (χ3v) is 3.40. The average Bonchev–Trinajstić information content (AvgIpc) is 2.41. The van der Waals surface area contributed by atoms with E-state index < -0.39 is 0 Å². The number of hydrogen-bond acceptors (Lipinski definition) is 4. The molecule has 1 fully saturated rings. The van der Waals surface area contributed by atoms with E-state index >= 15 is 0 Å². The molecular formula is C14H20N2O2. The van der Waals surface area contributed by atoms with E-state index in [1.807, 2.05) is 19.1 Å². The number of aromatic nitrogens is 1. The van der Waals surface area contributed by atoms with Crippen molar-refractivity contribution < 1.29 is 9.53 Å². The maximum absolute atomic E-state index is 11.6. The van der Waals surface area contributed by atoms with E-state index in [4.69, 9.17) is 4.74 Å². The second-order valence-electron chi connectivity index (χ2n) is 4.68. The highest BCUT2D eigenvalue weighted by Gasteiger charge is 2.26. The Morgan fingerprint density at radius 3 is 2.61 bits per heavy atom. The molecule has 0 spiro atoms. The Kier molecular flexibility index (Phi) is 4.56. The number of ether oxygens (including phenoxy) is 1. The number of esters is 1. The van der Waals surface area contributed by atoms with Gasteiger partial charge in [-0.15, -0.1) is 0 Å². The van der Waals surface area contributed by atoms with Gasteiger partial charge in [-0.3, -0.25) is 9.78 Å². The highest BCUT2D eigenvalue weighted by atomic mass is 16.5. The van der Waals surface area contributed by atoms with Gasteiger partial charge in [0.15, 0.2) is 0 Å². The van der Waals surface area contributed by atoms with Crippen molar-refractivity contribution >= 4 is 11.7 Å². The molecule has 1 heterocycles. The molecule has 2 rings (SSSR count). The summed E-state index contributed by atoms with van der Waals surface area (Å²) in [6.07, 6.45) is 7.44. The molecule has 1 aliphatic rings. The Morgan fingerprint density at radius 1 is 1.33 bits per heavy atom. The molecule has 4 nitrogen and oxygen atoms in total. The van der Waals surface area contributed by atoms with Crippen LogP contribution in [0.25, 0.3) is 0 Å². The van der Waals surface area contributed by atoms with Crippen molar-refractivity contribution in [3.8, 4) is 0 Å². The molecule has 1 aromatic heterocycles. The van der Waals surface area contributed by atoms with E-state index in [9.17, 15) is 4.79 Å². The quantitative estimate of drug-likeness (QED) is 0.832. The minimum atomic E-state index is -0.0279. The lowest BCUT2D eigenvalue weighted by molar-refractivity contribution is -0.149. The summed E-state index contributed by atoms with van der Waals surface area (Å²) in [4.78, 5) is 15.6. The van der Waals surface area contributed by atoms with E-state index in [1.54, 1.807) is 12.4 Å². The van der Waals surface area contributed by atoms with Crippen molar-refractivity contribution in [1.82, 2.24) is 4.98 Å². The van der Waals surface area contributed by atoms with E-state index in [-0.39, 0.29) is 11.9 Å². The first kappa shape index (κ1) is 12.9. The topological polar surface area (TPSA) is 51.2 Å². The smallest absolute Gasteiger partial charge is 0.308 e. The van der Waals surface area contributed by atoms with Crippen molar-refractivity contribution in [2.45, 2.75) is 38.6 Å². The van der Waals surface area contributed by atoms with Gasteiger partial charge in [0, 0.05) is 24.1 Å². The number of carbonyl (C=O) groups excluding carboxylic acids is 1. The van der Waals surface area contributed by atoms with E-state index in [2.05, 4.69) is 10.3 Å². The second kappa shape index (κ2) is 6.38. The summed E-state index contributed by atoms with van der Waals surface area (Å²) in [5, 5.41) is 3.48. The van der Waals surface area contributed by atoms with Gasteiger partial charge in [-0.2, -0.15) is 0 Å². The molecule has 0 aromatic carbocycles. The van der Waals surface area contributed by atoms with E-state index in [1.165, 1.54) is 0 Å². The van der Waals surface area contributed by atoms with Crippen LogP contribution >= 0.6 is 0 Å². The minimum Gasteiger partial charge on any atom is -0.466 e. The van der Waals surface area contributed by atoms with Gasteiger partial charge in [-0.25, -0.2) is 0 Å². The van der Waals surface area contributed by atoms with Crippen LogP contribution in [0.5, 0.6) is 0 Å². The Morgan fingerprint density at radius 2 is 2.00 bits per heavy atom. The molecule has 0 unspecified atom stereocenters. The fourth-order valence-electron chi connectivity index (χ4n) is 2.42. The predicted octanol–water partition coefficient (Wildman–Crippen LogP) is 2.62. The van der Waals surface area contributed by atoms with Crippen LogP contribution in [-0.2, 0) is 9.53 Å². The number of anilines is 1. The first-order valence-electron chi connectivity index (χ1n) is 6.62. The maximum atomic E-state index is 11.6. The molecule has 0 saturated heterocycles. The number of carbonyl (C=O) groups is 1. The lowest BCUT2D eigenvalue weighted by atomic mass is 9.86. The van der Waals surface area contributed by atoms with Crippen molar-refractivity contribution in [2.75, 3.05) is 11.9 Å². The minimum absolute atomic E-state index is 0.0279. The van der Waals surface area contributed by atoms with Crippen molar-refractivity contribution in [2.24, 2.45) is 5.92 Å². The first-order chi connectivity index (χ1) is 8.79. The van der Waals surface area contributed by atoms with Gasteiger partial charge >= 0.3 is 5.97 Å². The zero-order valence-corrected chi connectivity index (χ0v) is 10.8. The summed E-state index contributed by atoms with van der Waals surface area (Å²) in [6.45, 7) is 2.34. The second-order valence-corrected chi connectivity index (χ2v) is 4.68.